The Morgan fingerprint density at radius 2 is 1.71 bits per heavy atom. The van der Waals surface area contributed by atoms with Crippen LogP contribution in [-0.4, -0.2) is 27.2 Å². The van der Waals surface area contributed by atoms with E-state index in [1.54, 1.807) is 45.6 Å². The maximum atomic E-state index is 12.1. The molecule has 0 radical (unpaired) electrons. The average Bonchev–Trinajstić information content (AvgIpc) is 2.60. The zero-order chi connectivity index (χ0) is 17.5. The Hall–Kier alpha value is -2.47. The second kappa shape index (κ2) is 8.40. The highest BCUT2D eigenvalue weighted by atomic mass is 79.9. The minimum absolute atomic E-state index is 0.270. The van der Waals surface area contributed by atoms with Crippen molar-refractivity contribution >= 4 is 33.6 Å². The van der Waals surface area contributed by atoms with Crippen LogP contribution in [0.5, 0.6) is 17.2 Å². The van der Waals surface area contributed by atoms with Gasteiger partial charge < -0.3 is 19.5 Å². The van der Waals surface area contributed by atoms with Crippen LogP contribution in [-0.2, 0) is 4.79 Å². The highest BCUT2D eigenvalue weighted by Gasteiger charge is 2.07. The fraction of sp³-hybridized carbons (Fsp3) is 0.167. The Kier molecular flexibility index (Phi) is 6.26. The topological polar surface area (TPSA) is 56.8 Å². The van der Waals surface area contributed by atoms with E-state index in [2.05, 4.69) is 21.2 Å². The van der Waals surface area contributed by atoms with Gasteiger partial charge >= 0.3 is 0 Å². The van der Waals surface area contributed by atoms with Gasteiger partial charge in [0.05, 0.1) is 31.5 Å². The fourth-order valence-corrected chi connectivity index (χ4v) is 2.60. The molecule has 0 saturated carbocycles. The monoisotopic (exact) mass is 391 g/mol. The van der Waals surface area contributed by atoms with Gasteiger partial charge in [0.25, 0.3) is 0 Å². The molecule has 0 heterocycles. The molecule has 0 spiro atoms. The van der Waals surface area contributed by atoms with E-state index in [1.807, 2.05) is 18.2 Å². The lowest BCUT2D eigenvalue weighted by molar-refractivity contribution is -0.111. The van der Waals surface area contributed by atoms with E-state index in [0.29, 0.717) is 17.2 Å². The Morgan fingerprint density at radius 3 is 2.33 bits per heavy atom. The van der Waals surface area contributed by atoms with Crippen LogP contribution in [0, 0.1) is 0 Å². The maximum Gasteiger partial charge on any atom is 0.248 e. The molecular weight excluding hydrogens is 374 g/mol. The Labute approximate surface area is 149 Å². The standard InChI is InChI=1S/C18H18BrNO4/c1-22-13-6-8-17(24-3)15(11-13)20-18(21)9-5-12-4-7-16(23-2)14(19)10-12/h4-11H,1-3H3,(H,20,21). The molecule has 0 aliphatic rings. The molecule has 0 saturated heterocycles. The first-order chi connectivity index (χ1) is 11.6. The molecule has 2 rings (SSSR count). The SMILES string of the molecule is COc1ccc(OC)c(NC(=O)C=Cc2ccc(OC)c(Br)c2)c1. The van der Waals surface area contributed by atoms with Crippen LogP contribution >= 0.6 is 15.9 Å². The summed E-state index contributed by atoms with van der Waals surface area (Å²) in [7, 11) is 4.71. The van der Waals surface area contributed by atoms with Crippen molar-refractivity contribution in [3.05, 3.63) is 52.5 Å². The van der Waals surface area contributed by atoms with Gasteiger partial charge in [0.2, 0.25) is 5.91 Å². The summed E-state index contributed by atoms with van der Waals surface area (Å²) in [6.07, 6.45) is 3.17. The number of carbonyl (C=O) groups excluding carboxylic acids is 1. The molecule has 1 N–H and O–H groups in total. The summed E-state index contributed by atoms with van der Waals surface area (Å²) in [4.78, 5) is 12.1. The molecule has 0 fully saturated rings. The quantitative estimate of drug-likeness (QED) is 0.752. The Balaban J connectivity index is 2.11. The lowest BCUT2D eigenvalue weighted by atomic mass is 10.2. The normalized spacial score (nSPS) is 10.5. The zero-order valence-corrected chi connectivity index (χ0v) is 15.2. The third-order valence-electron chi connectivity index (χ3n) is 3.27. The summed E-state index contributed by atoms with van der Waals surface area (Å²) >= 11 is 3.41. The van der Waals surface area contributed by atoms with E-state index in [0.717, 1.165) is 15.8 Å². The van der Waals surface area contributed by atoms with Crippen LogP contribution in [0.3, 0.4) is 0 Å². The summed E-state index contributed by atoms with van der Waals surface area (Å²) < 4.78 is 16.4. The molecule has 5 nitrogen and oxygen atoms in total. The van der Waals surface area contributed by atoms with Gasteiger partial charge in [0.1, 0.15) is 17.2 Å². The number of hydrogen-bond donors (Lipinski definition) is 1. The van der Waals surface area contributed by atoms with Gasteiger partial charge in [0.15, 0.2) is 0 Å². The summed E-state index contributed by atoms with van der Waals surface area (Å²) in [5.74, 6) is 1.66. The Bertz CT molecular complexity index is 759. The van der Waals surface area contributed by atoms with Gasteiger partial charge in [0, 0.05) is 12.1 Å². The van der Waals surface area contributed by atoms with Crippen LogP contribution in [0.25, 0.3) is 6.08 Å². The number of ether oxygens (including phenoxy) is 3. The number of carbonyl (C=O) groups is 1. The minimum Gasteiger partial charge on any atom is -0.497 e. The number of rotatable bonds is 6. The second-order valence-corrected chi connectivity index (χ2v) is 5.64. The summed E-state index contributed by atoms with van der Waals surface area (Å²) in [5.41, 5.74) is 1.41. The number of anilines is 1. The molecule has 0 aliphatic carbocycles. The molecule has 1 amide bonds. The maximum absolute atomic E-state index is 12.1. The van der Waals surface area contributed by atoms with Gasteiger partial charge in [-0.05, 0) is 51.8 Å². The third kappa shape index (κ3) is 4.52. The molecule has 2 aromatic carbocycles. The summed E-state index contributed by atoms with van der Waals surface area (Å²) in [6.45, 7) is 0. The highest BCUT2D eigenvalue weighted by Crippen LogP contribution is 2.29. The van der Waals surface area contributed by atoms with Gasteiger partial charge in [-0.2, -0.15) is 0 Å². The van der Waals surface area contributed by atoms with Crippen molar-refractivity contribution in [2.75, 3.05) is 26.6 Å². The van der Waals surface area contributed by atoms with E-state index in [4.69, 9.17) is 14.2 Å². The van der Waals surface area contributed by atoms with E-state index >= 15 is 0 Å². The van der Waals surface area contributed by atoms with Gasteiger partial charge in [-0.3, -0.25) is 4.79 Å². The van der Waals surface area contributed by atoms with Crippen LogP contribution < -0.4 is 19.5 Å². The number of amides is 1. The molecule has 0 unspecified atom stereocenters. The number of benzene rings is 2. The molecule has 24 heavy (non-hydrogen) atoms. The van der Waals surface area contributed by atoms with Crippen molar-refractivity contribution in [1.82, 2.24) is 0 Å². The van der Waals surface area contributed by atoms with Gasteiger partial charge in [-0.1, -0.05) is 6.07 Å². The molecular formula is C18H18BrNO4. The largest absolute Gasteiger partial charge is 0.497 e. The molecule has 2 aromatic rings. The van der Waals surface area contributed by atoms with Crippen molar-refractivity contribution in [2.24, 2.45) is 0 Å². The first-order valence-electron chi connectivity index (χ1n) is 7.12. The average molecular weight is 392 g/mol. The molecule has 0 bridgehead atoms. The minimum atomic E-state index is -0.270. The lowest BCUT2D eigenvalue weighted by Crippen LogP contribution is -2.09. The first kappa shape index (κ1) is 17.9. The molecule has 0 aromatic heterocycles. The van der Waals surface area contributed by atoms with E-state index in [-0.39, 0.29) is 5.91 Å². The number of methoxy groups -OCH3 is 3. The predicted octanol–water partition coefficient (Wildman–Crippen LogP) is 4.13. The fourth-order valence-electron chi connectivity index (χ4n) is 2.04. The predicted molar refractivity (Wildman–Crippen MR) is 97.9 cm³/mol. The molecule has 6 heteroatoms. The summed E-state index contributed by atoms with van der Waals surface area (Å²) in [6, 6.07) is 10.8. The van der Waals surface area contributed by atoms with Crippen LogP contribution in [0.1, 0.15) is 5.56 Å². The zero-order valence-electron chi connectivity index (χ0n) is 13.6. The second-order valence-electron chi connectivity index (χ2n) is 4.78. The molecule has 126 valence electrons. The molecule has 0 atom stereocenters. The lowest BCUT2D eigenvalue weighted by Gasteiger charge is -2.10. The van der Waals surface area contributed by atoms with E-state index in [9.17, 15) is 4.79 Å². The summed E-state index contributed by atoms with van der Waals surface area (Å²) in [5, 5.41) is 2.78. The van der Waals surface area contributed by atoms with Crippen LogP contribution in [0.4, 0.5) is 5.69 Å². The van der Waals surface area contributed by atoms with Crippen molar-refractivity contribution in [1.29, 1.82) is 0 Å². The smallest absolute Gasteiger partial charge is 0.248 e. The van der Waals surface area contributed by atoms with Gasteiger partial charge in [-0.15, -0.1) is 0 Å². The Morgan fingerprint density at radius 1 is 1.00 bits per heavy atom. The number of nitrogens with one attached hydrogen (secondary N) is 1. The van der Waals surface area contributed by atoms with Gasteiger partial charge in [-0.25, -0.2) is 0 Å². The number of halogens is 1. The van der Waals surface area contributed by atoms with Crippen molar-refractivity contribution in [3.63, 3.8) is 0 Å². The van der Waals surface area contributed by atoms with Crippen molar-refractivity contribution in [2.45, 2.75) is 0 Å². The van der Waals surface area contributed by atoms with E-state index < -0.39 is 0 Å². The number of hydrogen-bond acceptors (Lipinski definition) is 4. The van der Waals surface area contributed by atoms with Crippen LogP contribution in [0.2, 0.25) is 0 Å². The molecule has 0 aliphatic heterocycles. The first-order valence-corrected chi connectivity index (χ1v) is 7.91. The highest BCUT2D eigenvalue weighted by molar-refractivity contribution is 9.10. The van der Waals surface area contributed by atoms with Crippen molar-refractivity contribution in [3.8, 4) is 17.2 Å². The van der Waals surface area contributed by atoms with E-state index in [1.165, 1.54) is 6.08 Å². The van der Waals surface area contributed by atoms with Crippen LogP contribution in [0.15, 0.2) is 46.9 Å². The third-order valence-corrected chi connectivity index (χ3v) is 3.89. The van der Waals surface area contributed by atoms with Crippen molar-refractivity contribution < 1.29 is 19.0 Å².